The highest BCUT2D eigenvalue weighted by Gasteiger charge is 2.21. The van der Waals surface area contributed by atoms with Crippen molar-refractivity contribution in [3.8, 4) is 11.5 Å². The number of carbonyl (C=O) groups excluding carboxylic acids is 1. The van der Waals surface area contributed by atoms with Gasteiger partial charge in [0.05, 0.1) is 25.3 Å². The highest BCUT2D eigenvalue weighted by Crippen LogP contribution is 2.36. The third-order valence-electron chi connectivity index (χ3n) is 4.61. The average Bonchev–Trinajstić information content (AvgIpc) is 2.64. The summed E-state index contributed by atoms with van der Waals surface area (Å²) in [5, 5.41) is 3.46. The first-order valence-electron chi connectivity index (χ1n) is 9.10. The van der Waals surface area contributed by atoms with Crippen molar-refractivity contribution >= 4 is 17.5 Å². The maximum Gasteiger partial charge on any atom is 0.251 e. The van der Waals surface area contributed by atoms with E-state index in [1.807, 2.05) is 0 Å². The van der Waals surface area contributed by atoms with Crippen LogP contribution < -0.4 is 14.8 Å². The largest absolute Gasteiger partial charge is 0.493 e. The zero-order chi connectivity index (χ0) is 20.1. The summed E-state index contributed by atoms with van der Waals surface area (Å²) in [7, 11) is 3.03. The quantitative estimate of drug-likeness (QED) is 0.669. The second kappa shape index (κ2) is 9.14. The van der Waals surface area contributed by atoms with Gasteiger partial charge in [0.1, 0.15) is 0 Å². The number of methoxy groups -OCH3 is 2. The Labute approximate surface area is 166 Å². The molecule has 0 bridgehead atoms. The Morgan fingerprint density at radius 1 is 0.963 bits per heavy atom. The summed E-state index contributed by atoms with van der Waals surface area (Å²) in [6.45, 7) is 8.50. The summed E-state index contributed by atoms with van der Waals surface area (Å²) in [6, 6.07) is 11.5. The van der Waals surface area contributed by atoms with Gasteiger partial charge in [-0.1, -0.05) is 63.6 Å². The number of halogens is 1. The first-order chi connectivity index (χ1) is 12.8. The molecule has 4 nitrogen and oxygen atoms in total. The molecule has 0 aliphatic heterocycles. The lowest BCUT2D eigenvalue weighted by Gasteiger charge is -2.24. The van der Waals surface area contributed by atoms with E-state index in [9.17, 15) is 4.79 Å². The molecule has 2 aromatic rings. The fraction of sp³-hybridized carbons (Fsp3) is 0.409. The lowest BCUT2D eigenvalue weighted by molar-refractivity contribution is 0.0925. The fourth-order valence-electron chi connectivity index (χ4n) is 3.00. The van der Waals surface area contributed by atoms with E-state index in [4.69, 9.17) is 21.1 Å². The van der Waals surface area contributed by atoms with Crippen LogP contribution in [0.5, 0.6) is 11.5 Å². The molecule has 0 aliphatic carbocycles. The van der Waals surface area contributed by atoms with Crippen molar-refractivity contribution in [3.05, 3.63) is 58.1 Å². The fourth-order valence-corrected chi connectivity index (χ4v) is 3.28. The Morgan fingerprint density at radius 2 is 1.56 bits per heavy atom. The molecule has 27 heavy (non-hydrogen) atoms. The van der Waals surface area contributed by atoms with Gasteiger partial charge < -0.3 is 14.8 Å². The molecule has 5 heteroatoms. The van der Waals surface area contributed by atoms with Gasteiger partial charge in [0, 0.05) is 5.56 Å². The first kappa shape index (κ1) is 21.1. The van der Waals surface area contributed by atoms with Crippen LogP contribution in [-0.4, -0.2) is 20.1 Å². The van der Waals surface area contributed by atoms with Crippen LogP contribution in [0.3, 0.4) is 0 Å². The van der Waals surface area contributed by atoms with Crippen molar-refractivity contribution in [2.24, 2.45) is 5.92 Å². The molecule has 0 aliphatic rings. The number of benzene rings is 2. The molecule has 0 spiro atoms. The maximum absolute atomic E-state index is 12.9. The lowest BCUT2D eigenvalue weighted by atomic mass is 9.93. The summed E-state index contributed by atoms with van der Waals surface area (Å²) in [6.07, 6.45) is 0. The number of ether oxygens (including phenoxy) is 2. The Kier molecular flexibility index (Phi) is 7.14. The van der Waals surface area contributed by atoms with Crippen molar-refractivity contribution in [1.29, 1.82) is 0 Å². The highest BCUT2D eigenvalue weighted by atomic mass is 35.5. The minimum absolute atomic E-state index is 0.106. The number of nitrogens with one attached hydrogen (secondary N) is 1. The van der Waals surface area contributed by atoms with Crippen LogP contribution in [0, 0.1) is 5.92 Å². The molecule has 0 heterocycles. The highest BCUT2D eigenvalue weighted by molar-refractivity contribution is 6.32. The maximum atomic E-state index is 12.9. The Morgan fingerprint density at radius 3 is 2.04 bits per heavy atom. The molecule has 0 radical (unpaired) electrons. The van der Waals surface area contributed by atoms with E-state index in [1.165, 1.54) is 19.8 Å². The number of hydrogen-bond acceptors (Lipinski definition) is 3. The molecule has 1 N–H and O–H groups in total. The molecule has 0 aromatic heterocycles. The van der Waals surface area contributed by atoms with Gasteiger partial charge in [-0.15, -0.1) is 0 Å². The van der Waals surface area contributed by atoms with Crippen molar-refractivity contribution in [1.82, 2.24) is 5.32 Å². The Hall–Kier alpha value is -2.20. The van der Waals surface area contributed by atoms with Gasteiger partial charge in [0.2, 0.25) is 0 Å². The Bertz CT molecular complexity index is 785. The topological polar surface area (TPSA) is 47.6 Å². The molecule has 1 unspecified atom stereocenters. The molecule has 1 amide bonds. The van der Waals surface area contributed by atoms with E-state index < -0.39 is 0 Å². The summed E-state index contributed by atoms with van der Waals surface area (Å²) in [4.78, 5) is 12.9. The van der Waals surface area contributed by atoms with E-state index in [0.717, 1.165) is 5.56 Å². The average molecular weight is 390 g/mol. The molecule has 2 rings (SSSR count). The number of rotatable bonds is 7. The minimum atomic E-state index is -0.204. The van der Waals surface area contributed by atoms with Gasteiger partial charge in [-0.3, -0.25) is 4.79 Å². The summed E-state index contributed by atoms with van der Waals surface area (Å²) < 4.78 is 10.5. The van der Waals surface area contributed by atoms with E-state index in [0.29, 0.717) is 28.0 Å². The molecule has 2 aromatic carbocycles. The van der Waals surface area contributed by atoms with Crippen molar-refractivity contribution < 1.29 is 14.3 Å². The summed E-state index contributed by atoms with van der Waals surface area (Å²) >= 11 is 6.24. The smallest absolute Gasteiger partial charge is 0.251 e. The number of hydrogen-bond donors (Lipinski definition) is 1. The lowest BCUT2D eigenvalue weighted by Crippen LogP contribution is -2.31. The monoisotopic (exact) mass is 389 g/mol. The second-order valence-electron chi connectivity index (χ2n) is 7.21. The van der Waals surface area contributed by atoms with Gasteiger partial charge in [-0.25, -0.2) is 0 Å². The van der Waals surface area contributed by atoms with Crippen molar-refractivity contribution in [2.45, 2.75) is 39.7 Å². The van der Waals surface area contributed by atoms with E-state index >= 15 is 0 Å². The summed E-state index contributed by atoms with van der Waals surface area (Å²) in [5.41, 5.74) is 2.79. The molecular formula is C22H28ClNO3. The Balaban J connectivity index is 2.28. The van der Waals surface area contributed by atoms with Gasteiger partial charge in [-0.2, -0.15) is 0 Å². The zero-order valence-corrected chi connectivity index (χ0v) is 17.6. The molecule has 0 saturated heterocycles. The number of carbonyl (C=O) groups is 1. The normalized spacial score (nSPS) is 12.2. The number of amides is 1. The van der Waals surface area contributed by atoms with E-state index in [-0.39, 0.29) is 17.9 Å². The van der Waals surface area contributed by atoms with Crippen molar-refractivity contribution in [3.63, 3.8) is 0 Å². The van der Waals surface area contributed by atoms with Crippen LogP contribution >= 0.6 is 11.6 Å². The molecule has 146 valence electrons. The molecule has 0 fully saturated rings. The predicted molar refractivity (Wildman–Crippen MR) is 110 cm³/mol. The third-order valence-corrected chi connectivity index (χ3v) is 4.89. The van der Waals surface area contributed by atoms with Crippen LogP contribution in [0.2, 0.25) is 5.02 Å². The third kappa shape index (κ3) is 4.95. The van der Waals surface area contributed by atoms with Crippen LogP contribution in [0.25, 0.3) is 0 Å². The first-order valence-corrected chi connectivity index (χ1v) is 9.48. The zero-order valence-electron chi connectivity index (χ0n) is 16.8. The van der Waals surface area contributed by atoms with Gasteiger partial charge in [-0.05, 0) is 35.1 Å². The van der Waals surface area contributed by atoms with E-state index in [1.54, 1.807) is 12.1 Å². The van der Waals surface area contributed by atoms with Crippen LogP contribution in [0.4, 0.5) is 0 Å². The van der Waals surface area contributed by atoms with Crippen LogP contribution in [-0.2, 0) is 0 Å². The minimum Gasteiger partial charge on any atom is -0.493 e. The van der Waals surface area contributed by atoms with Crippen molar-refractivity contribution in [2.75, 3.05) is 14.2 Å². The SMILES string of the molecule is COc1cc(C(=O)NC(c2ccc(C(C)C)cc2)C(C)C)cc(Cl)c1OC. The van der Waals surface area contributed by atoms with Crippen LogP contribution in [0.1, 0.15) is 61.1 Å². The van der Waals surface area contributed by atoms with Gasteiger partial charge in [0.15, 0.2) is 11.5 Å². The molecule has 1 atom stereocenters. The van der Waals surface area contributed by atoms with E-state index in [2.05, 4.69) is 57.3 Å². The summed E-state index contributed by atoms with van der Waals surface area (Å²) in [5.74, 6) is 1.34. The predicted octanol–water partition coefficient (Wildman–Crippen LogP) is 5.61. The van der Waals surface area contributed by atoms with Gasteiger partial charge in [0.25, 0.3) is 5.91 Å². The second-order valence-corrected chi connectivity index (χ2v) is 7.62. The van der Waals surface area contributed by atoms with Gasteiger partial charge >= 0.3 is 0 Å². The standard InChI is InChI=1S/C22H28ClNO3/c1-13(2)15-7-9-16(10-8-15)20(14(3)4)24-22(25)17-11-18(23)21(27-6)19(12-17)26-5/h7-14,20H,1-6H3,(H,24,25). The molecule has 0 saturated carbocycles. The van der Waals surface area contributed by atoms with Crippen LogP contribution in [0.15, 0.2) is 36.4 Å². The molecular weight excluding hydrogens is 362 g/mol.